The molecule has 0 saturated heterocycles. The average molecular weight is 321 g/mol. The number of phenols is 2. The minimum Gasteiger partial charge on any atom is -0.508 e. The van der Waals surface area contributed by atoms with Crippen molar-refractivity contribution in [2.45, 2.75) is 13.0 Å². The number of nitrogens with one attached hydrogen (secondary N) is 1. The Labute approximate surface area is 130 Å². The number of phenolic OH excluding ortho intramolecular Hbond substituents is 2. The molecule has 2 aromatic carbocycles. The second-order valence-corrected chi connectivity index (χ2v) is 6.02. The van der Waals surface area contributed by atoms with Crippen LogP contribution in [0.3, 0.4) is 0 Å². The summed E-state index contributed by atoms with van der Waals surface area (Å²) in [5.41, 5.74) is 4.01. The highest BCUT2D eigenvalue weighted by Gasteiger charge is 2.15. The third kappa shape index (κ3) is 2.62. The lowest BCUT2D eigenvalue weighted by Crippen LogP contribution is -2.07. The van der Waals surface area contributed by atoms with Crippen LogP contribution in [0.2, 0.25) is 5.02 Å². The lowest BCUT2D eigenvalue weighted by Gasteiger charge is -2.18. The summed E-state index contributed by atoms with van der Waals surface area (Å²) in [7, 11) is 0. The van der Waals surface area contributed by atoms with Crippen LogP contribution in [-0.2, 0) is 0 Å². The van der Waals surface area contributed by atoms with Gasteiger partial charge in [0.25, 0.3) is 0 Å². The maximum Gasteiger partial charge on any atom is 0.124 e. The molecule has 0 aliphatic carbocycles. The molecule has 0 saturated carbocycles. The van der Waals surface area contributed by atoms with Crippen molar-refractivity contribution in [3.63, 3.8) is 0 Å². The summed E-state index contributed by atoms with van der Waals surface area (Å²) in [4.78, 5) is 4.33. The number of nitrogens with zero attached hydrogens (tertiary/aromatic N) is 1. The van der Waals surface area contributed by atoms with E-state index in [9.17, 15) is 10.2 Å². The smallest absolute Gasteiger partial charge is 0.124 e. The average Bonchev–Trinajstić information content (AvgIpc) is 2.90. The SMILES string of the molecule is CC(Nc1c(Cl)ccc2scnc12)c1ccc(O)cc1O. The standard InChI is InChI=1S/C15H13ClN2O2S/c1-8(10-3-2-9(19)6-12(10)20)18-14-11(16)4-5-13-15(14)17-7-21-13/h2-8,18-20H,1H3. The van der Waals surface area contributed by atoms with E-state index in [-0.39, 0.29) is 17.5 Å². The lowest BCUT2D eigenvalue weighted by atomic mass is 10.1. The van der Waals surface area contributed by atoms with Gasteiger partial charge in [-0.1, -0.05) is 11.6 Å². The van der Waals surface area contributed by atoms with Gasteiger partial charge in [0.15, 0.2) is 0 Å². The van der Waals surface area contributed by atoms with Crippen LogP contribution in [0, 0.1) is 0 Å². The molecular weight excluding hydrogens is 308 g/mol. The van der Waals surface area contributed by atoms with Crippen LogP contribution in [0.25, 0.3) is 10.2 Å². The number of thiazole rings is 1. The second kappa shape index (κ2) is 5.42. The van der Waals surface area contributed by atoms with Crippen LogP contribution in [0.5, 0.6) is 11.5 Å². The summed E-state index contributed by atoms with van der Waals surface area (Å²) >= 11 is 7.80. The first-order chi connectivity index (χ1) is 10.1. The fourth-order valence-electron chi connectivity index (χ4n) is 2.24. The molecule has 3 rings (SSSR count). The highest BCUT2D eigenvalue weighted by molar-refractivity contribution is 7.16. The van der Waals surface area contributed by atoms with E-state index >= 15 is 0 Å². The number of hydrogen-bond donors (Lipinski definition) is 3. The van der Waals surface area contributed by atoms with Gasteiger partial charge in [-0.2, -0.15) is 0 Å². The molecule has 108 valence electrons. The van der Waals surface area contributed by atoms with Gasteiger partial charge in [-0.15, -0.1) is 11.3 Å². The van der Waals surface area contributed by atoms with Crippen molar-refractivity contribution in [1.82, 2.24) is 4.98 Å². The number of benzene rings is 2. The molecule has 0 spiro atoms. The van der Waals surface area contributed by atoms with Gasteiger partial charge in [-0.3, -0.25) is 0 Å². The van der Waals surface area contributed by atoms with Gasteiger partial charge in [0.05, 0.1) is 27.0 Å². The molecule has 3 N–H and O–H groups in total. The van der Waals surface area contributed by atoms with E-state index in [2.05, 4.69) is 10.3 Å². The zero-order valence-corrected chi connectivity index (χ0v) is 12.7. The number of halogens is 1. The van der Waals surface area contributed by atoms with E-state index in [0.29, 0.717) is 10.6 Å². The first kappa shape index (κ1) is 14.0. The van der Waals surface area contributed by atoms with Gasteiger partial charge in [0.2, 0.25) is 0 Å². The maximum atomic E-state index is 9.94. The van der Waals surface area contributed by atoms with E-state index in [0.717, 1.165) is 15.9 Å². The molecule has 4 nitrogen and oxygen atoms in total. The highest BCUT2D eigenvalue weighted by atomic mass is 35.5. The van der Waals surface area contributed by atoms with E-state index in [1.165, 1.54) is 12.1 Å². The third-order valence-corrected chi connectivity index (χ3v) is 4.40. The van der Waals surface area contributed by atoms with Crippen LogP contribution in [0.4, 0.5) is 5.69 Å². The highest BCUT2D eigenvalue weighted by Crippen LogP contribution is 2.36. The summed E-state index contributed by atoms with van der Waals surface area (Å²) in [6, 6.07) is 8.11. The minimum atomic E-state index is -0.185. The van der Waals surface area contributed by atoms with Gasteiger partial charge in [-0.05, 0) is 31.2 Å². The molecular formula is C15H13ClN2O2S. The van der Waals surface area contributed by atoms with Crippen molar-refractivity contribution in [2.24, 2.45) is 0 Å². The van der Waals surface area contributed by atoms with Crippen molar-refractivity contribution in [1.29, 1.82) is 0 Å². The molecule has 1 atom stereocenters. The Morgan fingerprint density at radius 3 is 2.81 bits per heavy atom. The third-order valence-electron chi connectivity index (χ3n) is 3.29. The quantitative estimate of drug-likeness (QED) is 0.663. The molecule has 6 heteroatoms. The van der Waals surface area contributed by atoms with E-state index in [1.54, 1.807) is 22.9 Å². The Balaban J connectivity index is 1.98. The summed E-state index contributed by atoms with van der Waals surface area (Å²) in [6.45, 7) is 1.91. The lowest BCUT2D eigenvalue weighted by molar-refractivity contribution is 0.444. The van der Waals surface area contributed by atoms with Crippen molar-refractivity contribution in [3.8, 4) is 11.5 Å². The van der Waals surface area contributed by atoms with Crippen molar-refractivity contribution < 1.29 is 10.2 Å². The molecule has 1 aromatic heterocycles. The Kier molecular flexibility index (Phi) is 3.61. The Morgan fingerprint density at radius 1 is 1.24 bits per heavy atom. The Hall–Kier alpha value is -1.98. The molecule has 0 radical (unpaired) electrons. The van der Waals surface area contributed by atoms with Crippen LogP contribution in [0.15, 0.2) is 35.8 Å². The van der Waals surface area contributed by atoms with Crippen molar-refractivity contribution in [2.75, 3.05) is 5.32 Å². The minimum absolute atomic E-state index is 0.0306. The van der Waals surface area contributed by atoms with Gasteiger partial charge in [0, 0.05) is 11.6 Å². The van der Waals surface area contributed by atoms with Crippen LogP contribution >= 0.6 is 22.9 Å². The van der Waals surface area contributed by atoms with Gasteiger partial charge in [0.1, 0.15) is 17.0 Å². The number of rotatable bonds is 3. The first-order valence-corrected chi connectivity index (χ1v) is 7.62. The van der Waals surface area contributed by atoms with E-state index in [1.807, 2.05) is 19.1 Å². The second-order valence-electron chi connectivity index (χ2n) is 4.73. The summed E-state index contributed by atoms with van der Waals surface area (Å²) < 4.78 is 1.05. The van der Waals surface area contributed by atoms with Crippen molar-refractivity contribution in [3.05, 3.63) is 46.4 Å². The molecule has 0 fully saturated rings. The number of hydrogen-bond acceptors (Lipinski definition) is 5. The number of anilines is 1. The van der Waals surface area contributed by atoms with Gasteiger partial charge in [-0.25, -0.2) is 4.98 Å². The normalized spacial score (nSPS) is 12.5. The molecule has 0 aliphatic rings. The maximum absolute atomic E-state index is 9.94. The van der Waals surface area contributed by atoms with Gasteiger partial charge >= 0.3 is 0 Å². The zero-order chi connectivity index (χ0) is 15.0. The molecule has 0 amide bonds. The Morgan fingerprint density at radius 2 is 2.05 bits per heavy atom. The first-order valence-electron chi connectivity index (χ1n) is 6.36. The molecule has 21 heavy (non-hydrogen) atoms. The van der Waals surface area contributed by atoms with E-state index < -0.39 is 0 Å². The van der Waals surface area contributed by atoms with Crippen molar-refractivity contribution >= 4 is 38.8 Å². The molecule has 1 heterocycles. The zero-order valence-electron chi connectivity index (χ0n) is 11.2. The fourth-order valence-corrected chi connectivity index (χ4v) is 3.13. The van der Waals surface area contributed by atoms with E-state index in [4.69, 9.17) is 11.6 Å². The summed E-state index contributed by atoms with van der Waals surface area (Å²) in [6.07, 6.45) is 0. The Bertz CT molecular complexity index is 803. The molecule has 3 aromatic rings. The number of fused-ring (bicyclic) bond motifs is 1. The van der Waals surface area contributed by atoms with Gasteiger partial charge < -0.3 is 15.5 Å². The molecule has 0 bridgehead atoms. The number of aromatic hydroxyl groups is 2. The summed E-state index contributed by atoms with van der Waals surface area (Å²) in [5.74, 6) is 0.0691. The summed E-state index contributed by atoms with van der Waals surface area (Å²) in [5, 5.41) is 23.2. The fraction of sp³-hybridized carbons (Fsp3) is 0.133. The topological polar surface area (TPSA) is 65.4 Å². The molecule has 1 unspecified atom stereocenters. The monoisotopic (exact) mass is 320 g/mol. The van der Waals surface area contributed by atoms with Crippen LogP contribution in [0.1, 0.15) is 18.5 Å². The number of aromatic nitrogens is 1. The van der Waals surface area contributed by atoms with Crippen LogP contribution in [-0.4, -0.2) is 15.2 Å². The van der Waals surface area contributed by atoms with Crippen LogP contribution < -0.4 is 5.32 Å². The largest absolute Gasteiger partial charge is 0.508 e. The predicted octanol–water partition coefficient (Wildman–Crippen LogP) is 4.53. The molecule has 0 aliphatic heterocycles. The predicted molar refractivity (Wildman–Crippen MR) is 86.4 cm³/mol.